The summed E-state index contributed by atoms with van der Waals surface area (Å²) in [6.45, 7) is 5.37. The number of methoxy groups -OCH3 is 1. The van der Waals surface area contributed by atoms with Gasteiger partial charge in [-0.3, -0.25) is 9.59 Å². The van der Waals surface area contributed by atoms with E-state index in [0.717, 1.165) is 68.8 Å². The van der Waals surface area contributed by atoms with Crippen molar-refractivity contribution in [1.29, 1.82) is 0 Å². The van der Waals surface area contributed by atoms with Crippen LogP contribution < -0.4 is 14.2 Å². The zero-order valence-corrected chi connectivity index (χ0v) is 36.0. The quantitative estimate of drug-likeness (QED) is 0.0441. The molecule has 2 aliphatic heterocycles. The van der Waals surface area contributed by atoms with Gasteiger partial charge in [-0.15, -0.1) is 6.58 Å². The Bertz CT molecular complexity index is 1890. The molecule has 7 unspecified atom stereocenters. The SMILES string of the molecule is C=CCOC12Oc3ccc(Oc4ccc(OC)c(C=O)c4)cc3C3C(CCCCO)C(CCCCO)C=C(C(=NOC4CCCCO4)CC1N(CCOCCO)C(=O)C1CC1)C32. The van der Waals surface area contributed by atoms with Crippen molar-refractivity contribution in [2.45, 2.75) is 101 Å². The Balaban J connectivity index is 1.42. The summed E-state index contributed by atoms with van der Waals surface area (Å²) in [5.74, 6) is -0.195. The molecular formula is C48H64N2O12. The molecule has 0 bridgehead atoms. The number of unbranched alkanes of at least 4 members (excludes halogenated alkanes) is 2. The third-order valence-electron chi connectivity index (χ3n) is 12.9. The first-order valence-electron chi connectivity index (χ1n) is 22.6. The van der Waals surface area contributed by atoms with Crippen LogP contribution in [0.5, 0.6) is 23.0 Å². The molecule has 14 heteroatoms. The van der Waals surface area contributed by atoms with Crippen LogP contribution in [0.1, 0.15) is 98.9 Å². The molecule has 1 amide bonds. The van der Waals surface area contributed by atoms with Crippen LogP contribution in [0.15, 0.2) is 65.9 Å². The average Bonchev–Trinajstić information content (AvgIpc) is 4.15. The molecule has 7 rings (SSSR count). The van der Waals surface area contributed by atoms with Crippen LogP contribution in [0.25, 0.3) is 0 Å². The summed E-state index contributed by atoms with van der Waals surface area (Å²) in [5.41, 5.74) is 2.89. The van der Waals surface area contributed by atoms with Crippen molar-refractivity contribution in [3.05, 3.63) is 71.8 Å². The van der Waals surface area contributed by atoms with Crippen LogP contribution in [0.2, 0.25) is 0 Å². The molecule has 1 saturated heterocycles. The molecule has 2 heterocycles. The third-order valence-corrected chi connectivity index (χ3v) is 12.9. The predicted molar refractivity (Wildman–Crippen MR) is 230 cm³/mol. The second-order valence-corrected chi connectivity index (χ2v) is 16.9. The lowest BCUT2D eigenvalue weighted by atomic mass is 9.55. The lowest BCUT2D eigenvalue weighted by Crippen LogP contribution is -2.70. The van der Waals surface area contributed by atoms with E-state index >= 15 is 0 Å². The highest BCUT2D eigenvalue weighted by Gasteiger charge is 2.66. The monoisotopic (exact) mass is 860 g/mol. The fourth-order valence-corrected chi connectivity index (χ4v) is 9.95. The van der Waals surface area contributed by atoms with Gasteiger partial charge >= 0.3 is 0 Å². The molecular weight excluding hydrogens is 797 g/mol. The van der Waals surface area contributed by atoms with Crippen LogP contribution in [0, 0.1) is 23.7 Å². The van der Waals surface area contributed by atoms with E-state index in [1.165, 1.54) is 7.11 Å². The molecule has 2 aromatic rings. The number of aldehydes is 1. The van der Waals surface area contributed by atoms with E-state index in [1.807, 2.05) is 23.1 Å². The Kier molecular flexibility index (Phi) is 16.1. The first-order chi connectivity index (χ1) is 30.4. The van der Waals surface area contributed by atoms with Crippen molar-refractivity contribution >= 4 is 17.9 Å². The summed E-state index contributed by atoms with van der Waals surface area (Å²) >= 11 is 0. The van der Waals surface area contributed by atoms with Crippen molar-refractivity contribution in [1.82, 2.24) is 4.90 Å². The van der Waals surface area contributed by atoms with E-state index in [9.17, 15) is 24.9 Å². The summed E-state index contributed by atoms with van der Waals surface area (Å²) in [6, 6.07) is 10.2. The number of benzene rings is 2. The topological polar surface area (TPSA) is 175 Å². The van der Waals surface area contributed by atoms with Gasteiger partial charge in [0.25, 0.3) is 0 Å². The zero-order valence-electron chi connectivity index (χ0n) is 36.0. The van der Waals surface area contributed by atoms with Crippen molar-refractivity contribution in [3.63, 3.8) is 0 Å². The molecule has 14 nitrogen and oxygen atoms in total. The van der Waals surface area contributed by atoms with E-state index in [1.54, 1.807) is 24.3 Å². The maximum absolute atomic E-state index is 14.6. The van der Waals surface area contributed by atoms with Gasteiger partial charge in [0.2, 0.25) is 18.0 Å². The minimum absolute atomic E-state index is 0.00597. The molecule has 0 spiro atoms. The number of allylic oxidation sites excluding steroid dienone is 1. The normalized spacial score (nSPS) is 27.0. The Hall–Kier alpha value is -4.31. The number of hydrogen-bond acceptors (Lipinski definition) is 13. The standard InChI is InChI=1S/C48H64N2O12/c1-3-23-59-48-43(50(19-25-57-26-22-53)47(55)32-13-14-32)30-40(49-62-44-12-6-9-24-58-44)38-28-33(10-4-7-20-51)37(11-5-8-21-52)45(46(38)48)39-29-36(16-18-42(39)61-48)60-35-15-17-41(56-2)34(27-35)31-54/h3,15-18,27-29,31-33,37,43-46,51-53H,1,4-14,19-26,30H2,2H3. The Morgan fingerprint density at radius 2 is 1.77 bits per heavy atom. The smallest absolute Gasteiger partial charge is 0.239 e. The number of carbonyl (C=O) groups excluding carboxylic acids is 2. The highest BCUT2D eigenvalue weighted by molar-refractivity contribution is 6.03. The van der Waals surface area contributed by atoms with E-state index in [0.29, 0.717) is 60.1 Å². The summed E-state index contributed by atoms with van der Waals surface area (Å²) in [7, 11) is 1.51. The van der Waals surface area contributed by atoms with E-state index in [2.05, 4.69) is 12.7 Å². The van der Waals surface area contributed by atoms with Gasteiger partial charge in [0.15, 0.2) is 6.29 Å². The van der Waals surface area contributed by atoms with E-state index < -0.39 is 24.0 Å². The van der Waals surface area contributed by atoms with Crippen LogP contribution in [-0.2, 0) is 23.8 Å². The zero-order chi connectivity index (χ0) is 43.5. The predicted octanol–water partition coefficient (Wildman–Crippen LogP) is 6.71. The van der Waals surface area contributed by atoms with Crippen molar-refractivity contribution in [2.75, 3.05) is 59.9 Å². The number of fused-ring (bicyclic) bond motifs is 2. The highest BCUT2D eigenvalue weighted by atomic mass is 16.8. The average molecular weight is 861 g/mol. The molecule has 2 aromatic carbocycles. The van der Waals surface area contributed by atoms with Gasteiger partial charge in [-0.05, 0) is 105 Å². The number of amides is 1. The first kappa shape index (κ1) is 45.7. The largest absolute Gasteiger partial charge is 0.496 e. The Morgan fingerprint density at radius 3 is 2.48 bits per heavy atom. The first-order valence-corrected chi connectivity index (χ1v) is 22.6. The Morgan fingerprint density at radius 1 is 0.984 bits per heavy atom. The van der Waals surface area contributed by atoms with Crippen LogP contribution in [0.3, 0.4) is 0 Å². The number of carbonyl (C=O) groups is 2. The third kappa shape index (κ3) is 10.2. The molecule has 3 aliphatic carbocycles. The molecule has 2 saturated carbocycles. The fourth-order valence-electron chi connectivity index (χ4n) is 9.95. The molecule has 5 aliphatic rings. The lowest BCUT2D eigenvalue weighted by Gasteiger charge is -2.60. The number of oxime groups is 1. The Labute approximate surface area is 364 Å². The number of ether oxygens (including phenoxy) is 6. The number of aliphatic hydroxyl groups excluding tert-OH is 3. The van der Waals surface area contributed by atoms with Gasteiger partial charge in [-0.25, -0.2) is 0 Å². The number of aliphatic hydroxyl groups is 3. The van der Waals surface area contributed by atoms with Crippen molar-refractivity contribution in [2.24, 2.45) is 28.8 Å². The van der Waals surface area contributed by atoms with Gasteiger partial charge in [0.1, 0.15) is 29.0 Å². The van der Waals surface area contributed by atoms with Gasteiger partial charge in [0.05, 0.1) is 57.3 Å². The van der Waals surface area contributed by atoms with Crippen LogP contribution in [0.4, 0.5) is 0 Å². The van der Waals surface area contributed by atoms with E-state index in [4.69, 9.17) is 38.4 Å². The van der Waals surface area contributed by atoms with Gasteiger partial charge in [0, 0.05) is 50.0 Å². The van der Waals surface area contributed by atoms with Crippen molar-refractivity contribution in [3.8, 4) is 23.0 Å². The molecule has 3 N–H and O–H groups in total. The minimum atomic E-state index is -1.41. The second kappa shape index (κ2) is 21.9. The molecule has 0 aromatic heterocycles. The number of hydrogen-bond donors (Lipinski definition) is 3. The van der Waals surface area contributed by atoms with Gasteiger partial charge in [-0.1, -0.05) is 30.1 Å². The summed E-state index contributed by atoms with van der Waals surface area (Å²) in [5, 5.41) is 34.4. The van der Waals surface area contributed by atoms with Crippen LogP contribution in [-0.4, -0.2) is 116 Å². The maximum Gasteiger partial charge on any atom is 0.239 e. The number of nitrogens with zero attached hydrogens (tertiary/aromatic N) is 2. The summed E-state index contributed by atoms with van der Waals surface area (Å²) in [4.78, 5) is 34.7. The molecule has 338 valence electrons. The number of rotatable bonds is 24. The molecule has 7 atom stereocenters. The molecule has 62 heavy (non-hydrogen) atoms. The van der Waals surface area contributed by atoms with Gasteiger partial charge < -0.3 is 53.5 Å². The van der Waals surface area contributed by atoms with Gasteiger partial charge in [-0.2, -0.15) is 0 Å². The second-order valence-electron chi connectivity index (χ2n) is 16.9. The van der Waals surface area contributed by atoms with Crippen LogP contribution >= 0.6 is 0 Å². The molecule has 0 radical (unpaired) electrons. The summed E-state index contributed by atoms with van der Waals surface area (Å²) in [6.07, 6.45) is 13.2. The van der Waals surface area contributed by atoms with E-state index in [-0.39, 0.29) is 82.2 Å². The minimum Gasteiger partial charge on any atom is -0.496 e. The fraction of sp³-hybridized carbons (Fsp3) is 0.604. The maximum atomic E-state index is 14.6. The lowest BCUT2D eigenvalue weighted by molar-refractivity contribution is -0.258. The highest BCUT2D eigenvalue weighted by Crippen LogP contribution is 2.62. The molecule has 3 fully saturated rings. The van der Waals surface area contributed by atoms with Crippen molar-refractivity contribution < 1.29 is 58.2 Å². The summed E-state index contributed by atoms with van der Waals surface area (Å²) < 4.78 is 38.1.